The number of esters is 3. The Labute approximate surface area is 403 Å². The summed E-state index contributed by atoms with van der Waals surface area (Å²) in [4.78, 5) is 76.0. The molecule has 0 aliphatic carbocycles. The van der Waals surface area contributed by atoms with E-state index in [1.165, 1.54) is 13.8 Å². The van der Waals surface area contributed by atoms with Crippen molar-refractivity contribution >= 4 is 35.6 Å². The van der Waals surface area contributed by atoms with Crippen LogP contribution in [-0.4, -0.2) is 136 Å². The Kier molecular flexibility index (Phi) is 20.8. The smallest absolute Gasteiger partial charge is 0.303 e. The number of likely N-dealkylation sites (tertiary alicyclic amines) is 1. The molecular weight excluding hydrogens is 895 g/mol. The van der Waals surface area contributed by atoms with Crippen molar-refractivity contribution in [2.24, 2.45) is 0 Å². The first kappa shape index (κ1) is 53.9. The second-order valence-corrected chi connectivity index (χ2v) is 17.1. The van der Waals surface area contributed by atoms with E-state index in [9.17, 15) is 33.9 Å². The summed E-state index contributed by atoms with van der Waals surface area (Å²) in [6.45, 7) is 5.32. The first-order valence-electron chi connectivity index (χ1n) is 23.4. The molecule has 3 N–H and O–H groups in total. The van der Waals surface area contributed by atoms with Crippen molar-refractivity contribution in [3.05, 3.63) is 95.6 Å². The highest BCUT2D eigenvalue weighted by molar-refractivity contribution is 5.77. The van der Waals surface area contributed by atoms with Crippen molar-refractivity contribution in [3.63, 3.8) is 0 Å². The van der Waals surface area contributed by atoms with E-state index in [-0.39, 0.29) is 57.1 Å². The molecule has 0 saturated carbocycles. The number of aliphatic hydroxyl groups excluding tert-OH is 1. The van der Waals surface area contributed by atoms with Crippen LogP contribution >= 0.6 is 0 Å². The molecule has 2 aliphatic heterocycles. The number of nitrogens with zero attached hydrogens (tertiary/aromatic N) is 1. The number of unbranched alkanes of at least 4 members (excludes halogenated alkanes) is 3. The summed E-state index contributed by atoms with van der Waals surface area (Å²) in [7, 11) is 3.23. The summed E-state index contributed by atoms with van der Waals surface area (Å²) < 4.78 is 46.0. The van der Waals surface area contributed by atoms with Crippen LogP contribution in [-0.2, 0) is 62.8 Å². The van der Waals surface area contributed by atoms with E-state index >= 15 is 0 Å². The Morgan fingerprint density at radius 3 is 1.88 bits per heavy atom. The summed E-state index contributed by atoms with van der Waals surface area (Å²) in [6.07, 6.45) is -1.71. The monoisotopic (exact) mass is 961 g/mol. The van der Waals surface area contributed by atoms with Crippen LogP contribution in [0.2, 0.25) is 0 Å². The molecule has 0 spiro atoms. The molecule has 69 heavy (non-hydrogen) atoms. The van der Waals surface area contributed by atoms with Crippen molar-refractivity contribution in [3.8, 4) is 11.5 Å². The van der Waals surface area contributed by atoms with Gasteiger partial charge in [0.2, 0.25) is 17.7 Å². The summed E-state index contributed by atoms with van der Waals surface area (Å²) in [5, 5.41) is 16.4. The second-order valence-electron chi connectivity index (χ2n) is 17.1. The maximum Gasteiger partial charge on any atom is 0.303 e. The minimum absolute atomic E-state index is 0.0707. The van der Waals surface area contributed by atoms with Gasteiger partial charge in [0.1, 0.15) is 35.9 Å². The zero-order valence-corrected chi connectivity index (χ0v) is 40.3. The lowest BCUT2D eigenvalue weighted by molar-refractivity contribution is -0.277. The van der Waals surface area contributed by atoms with Crippen molar-refractivity contribution in [1.29, 1.82) is 0 Å². The van der Waals surface area contributed by atoms with Gasteiger partial charge in [0.25, 0.3) is 0 Å². The predicted octanol–water partition coefficient (Wildman–Crippen LogP) is 4.49. The van der Waals surface area contributed by atoms with Crippen LogP contribution < -0.4 is 20.1 Å². The first-order chi connectivity index (χ1) is 33.1. The van der Waals surface area contributed by atoms with E-state index in [1.807, 2.05) is 78.9 Å². The maximum atomic E-state index is 13.7. The third-order valence-electron chi connectivity index (χ3n) is 11.9. The molecule has 0 aromatic heterocycles. The van der Waals surface area contributed by atoms with Crippen LogP contribution in [0, 0.1) is 0 Å². The van der Waals surface area contributed by atoms with Gasteiger partial charge in [-0.2, -0.15) is 0 Å². The largest absolute Gasteiger partial charge is 0.497 e. The molecule has 3 aromatic carbocycles. The molecule has 18 nitrogen and oxygen atoms in total. The fourth-order valence-electron chi connectivity index (χ4n) is 8.71. The van der Waals surface area contributed by atoms with Gasteiger partial charge < -0.3 is 58.5 Å². The fraction of sp³-hybridized carbons (Fsp3) is 0.529. The van der Waals surface area contributed by atoms with Gasteiger partial charge in [0, 0.05) is 60.2 Å². The van der Waals surface area contributed by atoms with Gasteiger partial charge in [-0.1, -0.05) is 61.0 Å². The number of carbonyl (C=O) groups excluding carboxylic acids is 6. The van der Waals surface area contributed by atoms with Crippen LogP contribution in [0.1, 0.15) is 95.8 Å². The van der Waals surface area contributed by atoms with E-state index in [1.54, 1.807) is 19.1 Å². The molecular formula is C51H67N3O15. The van der Waals surface area contributed by atoms with Gasteiger partial charge in [-0.15, -0.1) is 0 Å². The number of ether oxygens (including phenoxy) is 8. The summed E-state index contributed by atoms with van der Waals surface area (Å²) in [5.41, 5.74) is 1.55. The molecule has 0 bridgehead atoms. The third kappa shape index (κ3) is 15.5. The molecule has 7 atom stereocenters. The molecule has 2 saturated heterocycles. The van der Waals surface area contributed by atoms with Crippen LogP contribution in [0.4, 0.5) is 0 Å². The van der Waals surface area contributed by atoms with Crippen LogP contribution in [0.15, 0.2) is 78.9 Å². The van der Waals surface area contributed by atoms with Gasteiger partial charge in [-0.05, 0) is 73.1 Å². The Balaban J connectivity index is 1.09. The lowest BCUT2D eigenvalue weighted by Gasteiger charge is -2.44. The van der Waals surface area contributed by atoms with Gasteiger partial charge in [-0.3, -0.25) is 28.8 Å². The van der Waals surface area contributed by atoms with Crippen molar-refractivity contribution in [2.75, 3.05) is 47.1 Å². The number of benzene rings is 3. The van der Waals surface area contributed by atoms with E-state index < -0.39 is 66.2 Å². The van der Waals surface area contributed by atoms with Crippen molar-refractivity contribution in [2.45, 2.75) is 127 Å². The number of hydrogen-bond donors (Lipinski definition) is 3. The van der Waals surface area contributed by atoms with E-state index in [2.05, 4.69) is 10.6 Å². The topological polar surface area (TPSA) is 224 Å². The lowest BCUT2D eigenvalue weighted by atomic mass is 9.80. The SMILES string of the molecule is COc1ccc(C(OC[C@@H]2C[C@@H](O)CN2C(=O)CCCCCNC(=O)CCCCOC2OC(COC(C)=O)C(OC(C)=O)C(OC(C)=O)C2NC(C)=O)(c2ccccc2)c2ccc(OC)cc2)cc1. The van der Waals surface area contributed by atoms with Crippen molar-refractivity contribution < 1.29 is 71.8 Å². The Morgan fingerprint density at radius 1 is 0.710 bits per heavy atom. The molecule has 5 rings (SSSR count). The zero-order valence-electron chi connectivity index (χ0n) is 40.3. The number of aliphatic hydroxyl groups is 1. The molecule has 2 fully saturated rings. The van der Waals surface area contributed by atoms with Gasteiger partial charge in [0.15, 0.2) is 18.5 Å². The standard InChI is InChI=1S/C51H67N3O15/c1-33(55)53-47-49(68-36(4)58)48(67-35(3)57)44(32-65-34(2)56)69-50(47)64-28-14-12-17-45(60)52-27-13-8-11-18-46(61)54-30-41(59)29-40(54)31-66-51(37-15-9-7-10-16-37,38-19-23-42(62-5)24-20-38)39-21-25-43(63-6)26-22-39/h7,9-10,15-16,19-26,40-41,44,47-50,59H,8,11-14,17-18,27-32H2,1-6H3,(H,52,60)(H,53,55)/t40-,41+,44?,47?,48?,49?,50?/m0/s1. The highest BCUT2D eigenvalue weighted by Gasteiger charge is 2.51. The average molecular weight is 962 g/mol. The molecule has 0 radical (unpaired) electrons. The Hall–Kier alpha value is -6.08. The van der Waals surface area contributed by atoms with E-state index in [4.69, 9.17) is 37.9 Å². The van der Waals surface area contributed by atoms with Gasteiger partial charge in [0.05, 0.1) is 33.0 Å². The highest BCUT2D eigenvalue weighted by Crippen LogP contribution is 2.42. The number of methoxy groups -OCH3 is 2. The quantitative estimate of drug-likeness (QED) is 0.0461. The third-order valence-corrected chi connectivity index (χ3v) is 11.9. The molecule has 376 valence electrons. The maximum absolute atomic E-state index is 13.7. The number of nitrogens with one attached hydrogen (secondary N) is 2. The van der Waals surface area contributed by atoms with Gasteiger partial charge >= 0.3 is 17.9 Å². The predicted molar refractivity (Wildman–Crippen MR) is 250 cm³/mol. The zero-order chi connectivity index (χ0) is 49.9. The second kappa shape index (κ2) is 26.6. The minimum Gasteiger partial charge on any atom is -0.497 e. The molecule has 3 aromatic rings. The molecule has 2 aliphatic rings. The first-order valence-corrected chi connectivity index (χ1v) is 23.4. The van der Waals surface area contributed by atoms with E-state index in [0.29, 0.717) is 56.6 Å². The lowest BCUT2D eigenvalue weighted by Crippen LogP contribution is -2.66. The molecule has 2 heterocycles. The number of hydrogen-bond acceptors (Lipinski definition) is 15. The number of amides is 3. The van der Waals surface area contributed by atoms with Crippen LogP contribution in [0.3, 0.4) is 0 Å². The number of rotatable bonds is 25. The van der Waals surface area contributed by atoms with Crippen LogP contribution in [0.5, 0.6) is 11.5 Å². The highest BCUT2D eigenvalue weighted by atomic mass is 16.7. The minimum atomic E-state index is -1.23. The van der Waals surface area contributed by atoms with Crippen LogP contribution in [0.25, 0.3) is 0 Å². The summed E-state index contributed by atoms with van der Waals surface area (Å²) in [5.74, 6) is -1.35. The average Bonchev–Trinajstić information content (AvgIpc) is 3.71. The molecule has 3 amide bonds. The summed E-state index contributed by atoms with van der Waals surface area (Å²) in [6, 6.07) is 23.9. The van der Waals surface area contributed by atoms with Gasteiger partial charge in [-0.25, -0.2) is 0 Å². The molecule has 18 heteroatoms. The number of carbonyl (C=O) groups is 6. The Bertz CT molecular complexity index is 2090. The Morgan fingerprint density at radius 2 is 1.30 bits per heavy atom. The normalized spacial score (nSPS) is 21.1. The fourth-order valence-corrected chi connectivity index (χ4v) is 8.71. The molecule has 5 unspecified atom stereocenters. The van der Waals surface area contributed by atoms with E-state index in [0.717, 1.165) is 30.5 Å². The van der Waals surface area contributed by atoms with Crippen molar-refractivity contribution in [1.82, 2.24) is 15.5 Å². The number of β-amino-alcohol motifs (C(OH)–C–C–N with tert-alkyl or cyclic N) is 1. The summed E-state index contributed by atoms with van der Waals surface area (Å²) >= 11 is 0.